The first-order chi connectivity index (χ1) is 24.0. The summed E-state index contributed by atoms with van der Waals surface area (Å²) in [5.74, 6) is 0.608. The van der Waals surface area contributed by atoms with Crippen LogP contribution in [0, 0.1) is 17.8 Å². The van der Waals surface area contributed by atoms with E-state index in [1.807, 2.05) is 32.2 Å². The number of benzene rings is 2. The first-order valence-electron chi connectivity index (χ1n) is 18.8. The van der Waals surface area contributed by atoms with Gasteiger partial charge in [-0.1, -0.05) is 43.2 Å². The van der Waals surface area contributed by atoms with Crippen molar-refractivity contribution in [2.45, 2.75) is 94.3 Å². The van der Waals surface area contributed by atoms with Crippen molar-refractivity contribution in [3.63, 3.8) is 0 Å². The molecule has 2 bridgehead atoms. The fourth-order valence-electron chi connectivity index (χ4n) is 9.46. The summed E-state index contributed by atoms with van der Waals surface area (Å²) in [7, 11) is -2.07. The zero-order valence-electron chi connectivity index (χ0n) is 30.0. The monoisotopic (exact) mass is 723 g/mol. The molecule has 2 aromatic rings. The number of carbonyl (C=O) groups excluding carboxylic acids is 1. The molecule has 0 aromatic heterocycles. The van der Waals surface area contributed by atoms with Gasteiger partial charge in [0.15, 0.2) is 0 Å². The molecule has 1 amide bonds. The molecule has 1 N–H and O–H groups in total. The van der Waals surface area contributed by atoms with Crippen LogP contribution in [0.1, 0.15) is 93.1 Å². The van der Waals surface area contributed by atoms with E-state index in [9.17, 15) is 13.2 Å². The van der Waals surface area contributed by atoms with Crippen LogP contribution in [0.5, 0.6) is 5.75 Å². The van der Waals surface area contributed by atoms with Crippen LogP contribution < -0.4 is 14.4 Å². The molecule has 1 saturated carbocycles. The van der Waals surface area contributed by atoms with E-state index in [0.29, 0.717) is 30.4 Å². The maximum absolute atomic E-state index is 13.6. The first-order valence-corrected chi connectivity index (χ1v) is 20.8. The van der Waals surface area contributed by atoms with Crippen molar-refractivity contribution < 1.29 is 22.7 Å². The number of fused-ring (bicyclic) bond motifs is 4. The molecule has 1 saturated heterocycles. The van der Waals surface area contributed by atoms with E-state index < -0.39 is 26.8 Å². The Morgan fingerprint density at radius 1 is 1.06 bits per heavy atom. The van der Waals surface area contributed by atoms with Gasteiger partial charge in [0, 0.05) is 42.7 Å². The molecule has 8 nitrogen and oxygen atoms in total. The van der Waals surface area contributed by atoms with Crippen LogP contribution in [-0.2, 0) is 26.6 Å². The molecule has 2 aliphatic carbocycles. The van der Waals surface area contributed by atoms with Gasteiger partial charge in [-0.3, -0.25) is 4.79 Å². The van der Waals surface area contributed by atoms with Crippen LogP contribution in [0.3, 0.4) is 0 Å². The highest BCUT2D eigenvalue weighted by atomic mass is 35.5. The lowest BCUT2D eigenvalue weighted by Crippen LogP contribution is -2.54. The summed E-state index contributed by atoms with van der Waals surface area (Å²) in [4.78, 5) is 18.6. The molecule has 3 heterocycles. The summed E-state index contributed by atoms with van der Waals surface area (Å²) in [6.07, 6.45) is 14.9. The second kappa shape index (κ2) is 14.4. The Kier molecular flexibility index (Phi) is 10.3. The average molecular weight is 724 g/mol. The zero-order chi connectivity index (χ0) is 35.1. The van der Waals surface area contributed by atoms with Crippen molar-refractivity contribution in [3.8, 4) is 5.75 Å². The van der Waals surface area contributed by atoms with E-state index in [2.05, 4.69) is 38.8 Å². The molecule has 3 aliphatic heterocycles. The van der Waals surface area contributed by atoms with Crippen LogP contribution >= 0.6 is 11.6 Å². The van der Waals surface area contributed by atoms with Gasteiger partial charge in [-0.2, -0.15) is 0 Å². The number of sulfonamides is 1. The van der Waals surface area contributed by atoms with E-state index in [-0.39, 0.29) is 11.3 Å². The Morgan fingerprint density at radius 3 is 2.64 bits per heavy atom. The van der Waals surface area contributed by atoms with Crippen LogP contribution in [-0.4, -0.2) is 76.5 Å². The van der Waals surface area contributed by atoms with Crippen LogP contribution in [0.2, 0.25) is 5.02 Å². The zero-order valence-corrected chi connectivity index (χ0v) is 31.5. The van der Waals surface area contributed by atoms with Crippen molar-refractivity contribution in [1.29, 1.82) is 0 Å². The minimum atomic E-state index is -3.93. The van der Waals surface area contributed by atoms with Gasteiger partial charge in [0.2, 0.25) is 10.0 Å². The summed E-state index contributed by atoms with van der Waals surface area (Å²) < 4.78 is 42.8. The Bertz CT molecular complexity index is 1710. The summed E-state index contributed by atoms with van der Waals surface area (Å²) in [6, 6.07) is 11.7. The molecular formula is C40H54ClN3O5S. The number of ether oxygens (including phenoxy) is 2. The molecule has 2 fully saturated rings. The number of nitrogens with zero attached hydrogens (tertiary/aromatic N) is 2. The Balaban J connectivity index is 1.30. The standard InChI is InChI=1S/C40H54ClN3O5S/c1-28-9-7-18-40(48-3,19-22-43-20-5-4-6-21-43)35-14-11-32(35)25-44-26-39(17-8-10-30-23-33(41)13-15-34(30)39)27-49-37-16-12-31(24-36(37)44)38(45)42-50(46,47)29(28)2/h7,12-13,15-16,18,23-24,28-29,32,35H,4-6,8-11,14,17,19-22,25-27H2,1-3H3,(H,42,45)/b18-7-/t28-,29+,32-,35+,39-,40+/m0/s1. The van der Waals surface area contributed by atoms with Crippen molar-refractivity contribution in [3.05, 3.63) is 70.3 Å². The third-order valence-corrected chi connectivity index (χ3v) is 15.0. The number of carbonyl (C=O) groups is 1. The lowest BCUT2D eigenvalue weighted by molar-refractivity contribution is -0.0841. The number of piperidine rings is 1. The van der Waals surface area contributed by atoms with Crippen LogP contribution in [0.15, 0.2) is 48.6 Å². The summed E-state index contributed by atoms with van der Waals surface area (Å²) in [5, 5.41) is -0.00470. The van der Waals surface area contributed by atoms with Crippen molar-refractivity contribution >= 4 is 33.2 Å². The normalized spacial score (nSPS) is 33.6. The predicted octanol–water partition coefficient (Wildman–Crippen LogP) is 7.14. The number of hydrogen-bond acceptors (Lipinski definition) is 7. The molecule has 0 unspecified atom stereocenters. The number of likely N-dealkylation sites (tertiary alicyclic amines) is 1. The molecule has 7 rings (SSSR count). The highest BCUT2D eigenvalue weighted by Crippen LogP contribution is 2.50. The van der Waals surface area contributed by atoms with E-state index in [4.69, 9.17) is 21.1 Å². The lowest BCUT2D eigenvalue weighted by Gasteiger charge is -2.51. The fourth-order valence-corrected chi connectivity index (χ4v) is 10.9. The maximum Gasteiger partial charge on any atom is 0.264 e. The van der Waals surface area contributed by atoms with Gasteiger partial charge in [-0.05, 0) is 137 Å². The number of hydrogen-bond donors (Lipinski definition) is 1. The second-order valence-electron chi connectivity index (χ2n) is 15.8. The third kappa shape index (κ3) is 6.96. The van der Waals surface area contributed by atoms with E-state index in [1.54, 1.807) is 13.0 Å². The highest BCUT2D eigenvalue weighted by Gasteiger charge is 2.49. The number of anilines is 1. The molecule has 2 aromatic carbocycles. The minimum Gasteiger partial charge on any atom is -0.490 e. The smallest absolute Gasteiger partial charge is 0.264 e. The van der Waals surface area contributed by atoms with Crippen LogP contribution in [0.4, 0.5) is 5.69 Å². The molecular weight excluding hydrogens is 670 g/mol. The van der Waals surface area contributed by atoms with Crippen molar-refractivity contribution in [2.75, 3.05) is 51.3 Å². The van der Waals surface area contributed by atoms with Crippen molar-refractivity contribution in [1.82, 2.24) is 9.62 Å². The summed E-state index contributed by atoms with van der Waals surface area (Å²) in [5.41, 5.74) is 3.04. The first kappa shape index (κ1) is 35.8. The molecule has 50 heavy (non-hydrogen) atoms. The van der Waals surface area contributed by atoms with Gasteiger partial charge in [-0.15, -0.1) is 0 Å². The minimum absolute atomic E-state index is 0.196. The van der Waals surface area contributed by atoms with Gasteiger partial charge >= 0.3 is 0 Å². The van der Waals surface area contributed by atoms with E-state index in [1.165, 1.54) is 30.4 Å². The Hall–Kier alpha value is -2.59. The number of methoxy groups -OCH3 is 1. The molecule has 0 radical (unpaired) electrons. The molecule has 1 spiro atoms. The third-order valence-electron chi connectivity index (χ3n) is 12.9. The van der Waals surface area contributed by atoms with Crippen LogP contribution in [0.25, 0.3) is 0 Å². The van der Waals surface area contributed by atoms with Gasteiger partial charge in [0.25, 0.3) is 5.91 Å². The number of nitrogens with one attached hydrogen (secondary N) is 1. The average Bonchev–Trinajstić information content (AvgIpc) is 3.25. The van der Waals surface area contributed by atoms with Gasteiger partial charge in [0.1, 0.15) is 5.75 Å². The predicted molar refractivity (Wildman–Crippen MR) is 200 cm³/mol. The topological polar surface area (TPSA) is 88.2 Å². The van der Waals surface area contributed by atoms with Gasteiger partial charge < -0.3 is 19.3 Å². The SMILES string of the molecule is CO[C@@]1(CCN2CCCCC2)/C=C\C[C@H](C)[C@@H](C)S(=O)(=O)NC(=O)c2ccc3c(c2)N(C[C@@H]2CC[C@H]21)C[C@@]1(CCCc2cc(Cl)ccc21)CO3. The molecule has 10 heteroatoms. The lowest BCUT2D eigenvalue weighted by atomic mass is 9.62. The number of aryl methyl sites for hydroxylation is 1. The van der Waals surface area contributed by atoms with E-state index in [0.717, 1.165) is 87.7 Å². The van der Waals surface area contributed by atoms with Crippen molar-refractivity contribution in [2.24, 2.45) is 17.8 Å². The van der Waals surface area contributed by atoms with Gasteiger partial charge in [0.05, 0.1) is 23.1 Å². The molecule has 5 aliphatic rings. The number of halogens is 1. The summed E-state index contributed by atoms with van der Waals surface area (Å²) in [6.45, 7) is 8.95. The highest BCUT2D eigenvalue weighted by molar-refractivity contribution is 7.90. The quantitative estimate of drug-likeness (QED) is 0.336. The number of rotatable bonds is 4. The Labute approximate surface area is 304 Å². The number of allylic oxidation sites excluding steroid dienone is 1. The van der Waals surface area contributed by atoms with Gasteiger partial charge in [-0.25, -0.2) is 13.1 Å². The number of amides is 1. The second-order valence-corrected chi connectivity index (χ2v) is 18.3. The Morgan fingerprint density at radius 2 is 1.88 bits per heavy atom. The fraction of sp³-hybridized carbons (Fsp3) is 0.625. The largest absolute Gasteiger partial charge is 0.490 e. The van der Waals surface area contributed by atoms with E-state index >= 15 is 0 Å². The maximum atomic E-state index is 13.6. The molecule has 272 valence electrons. The summed E-state index contributed by atoms with van der Waals surface area (Å²) >= 11 is 6.49. The molecule has 6 atom stereocenters.